The van der Waals surface area contributed by atoms with E-state index in [9.17, 15) is 14.4 Å². The highest BCUT2D eigenvalue weighted by Crippen LogP contribution is 2.44. The van der Waals surface area contributed by atoms with E-state index in [-0.39, 0.29) is 18.4 Å². The lowest BCUT2D eigenvalue weighted by atomic mass is 9.76. The fourth-order valence-electron chi connectivity index (χ4n) is 6.76. The Morgan fingerprint density at radius 2 is 1.50 bits per heavy atom. The van der Waals surface area contributed by atoms with E-state index in [0.717, 1.165) is 69.8 Å². The molecule has 0 spiro atoms. The number of carbonyl (C=O) groups is 3. The van der Waals surface area contributed by atoms with Gasteiger partial charge in [-0.15, -0.1) is 0 Å². The number of rotatable bonds is 15. The molecule has 2 atom stereocenters. The summed E-state index contributed by atoms with van der Waals surface area (Å²) in [6, 6.07) is 2.31. The lowest BCUT2D eigenvalue weighted by Gasteiger charge is -2.34. The fourth-order valence-corrected chi connectivity index (χ4v) is 6.76. The fraction of sp³-hybridized carbons (Fsp3) is 0.727. The van der Waals surface area contributed by atoms with Crippen LogP contribution in [0.25, 0.3) is 0 Å². The highest BCUT2D eigenvalue weighted by atomic mass is 16.5. The van der Waals surface area contributed by atoms with Crippen molar-refractivity contribution in [3.63, 3.8) is 0 Å². The van der Waals surface area contributed by atoms with Crippen molar-refractivity contribution in [2.45, 2.75) is 115 Å². The van der Waals surface area contributed by atoms with Crippen LogP contribution in [-0.2, 0) is 9.59 Å². The topological polar surface area (TPSA) is 120 Å². The maximum atomic E-state index is 14.5. The molecule has 3 N–H and O–H groups in total. The normalized spacial score (nSPS) is 17.6. The second kappa shape index (κ2) is 17.2. The minimum atomic E-state index is -0.810. The molecule has 2 fully saturated rings. The van der Waals surface area contributed by atoms with E-state index in [1.54, 1.807) is 21.3 Å². The molecule has 1 aromatic rings. The summed E-state index contributed by atoms with van der Waals surface area (Å²) in [5, 5.41) is 2.86. The Kier molecular flexibility index (Phi) is 13.7. The van der Waals surface area contributed by atoms with Gasteiger partial charge in [0.05, 0.1) is 27.2 Å². The average molecular weight is 588 g/mol. The molecule has 9 nitrogen and oxygen atoms in total. The molecule has 2 aliphatic rings. The number of hydrogen-bond acceptors (Lipinski definition) is 6. The zero-order valence-electron chi connectivity index (χ0n) is 26.3. The minimum absolute atomic E-state index is 0.0637. The van der Waals surface area contributed by atoms with Crippen molar-refractivity contribution < 1.29 is 28.6 Å². The van der Waals surface area contributed by atoms with Gasteiger partial charge in [-0.05, 0) is 61.6 Å². The summed E-state index contributed by atoms with van der Waals surface area (Å²) in [7, 11) is 4.66. The second-order valence-electron chi connectivity index (χ2n) is 12.0. The molecule has 236 valence electrons. The Morgan fingerprint density at radius 3 is 2.02 bits per heavy atom. The van der Waals surface area contributed by atoms with E-state index in [4.69, 9.17) is 19.9 Å². The van der Waals surface area contributed by atoms with Gasteiger partial charge in [0.1, 0.15) is 6.04 Å². The third-order valence-corrected chi connectivity index (χ3v) is 9.16. The first kappa shape index (κ1) is 33.5. The Balaban J connectivity index is 1.92. The molecule has 2 saturated carbocycles. The third-order valence-electron chi connectivity index (χ3n) is 9.16. The quantitative estimate of drug-likeness (QED) is 0.232. The van der Waals surface area contributed by atoms with Crippen LogP contribution in [0.15, 0.2) is 12.1 Å². The molecular formula is C33H53N3O6. The van der Waals surface area contributed by atoms with E-state index in [0.29, 0.717) is 36.0 Å². The highest BCUT2D eigenvalue weighted by Gasteiger charge is 2.38. The maximum Gasteiger partial charge on any atom is 0.324 e. The summed E-state index contributed by atoms with van der Waals surface area (Å²) in [6.45, 7) is 2.36. The van der Waals surface area contributed by atoms with Gasteiger partial charge in [-0.3, -0.25) is 14.5 Å². The predicted molar refractivity (Wildman–Crippen MR) is 164 cm³/mol. The van der Waals surface area contributed by atoms with Gasteiger partial charge in [0.15, 0.2) is 11.5 Å². The van der Waals surface area contributed by atoms with Crippen LogP contribution in [0.1, 0.15) is 115 Å². The first-order valence-corrected chi connectivity index (χ1v) is 16.1. The first-order valence-electron chi connectivity index (χ1n) is 16.1. The number of unbranched alkanes of at least 4 members (excludes halogenated alkanes) is 2. The number of methoxy groups -OCH3 is 3. The van der Waals surface area contributed by atoms with Gasteiger partial charge < -0.3 is 25.3 Å². The number of benzene rings is 1. The number of hydrogen-bond donors (Lipinski definition) is 2. The van der Waals surface area contributed by atoms with Crippen LogP contribution in [0.3, 0.4) is 0 Å². The summed E-state index contributed by atoms with van der Waals surface area (Å²) >= 11 is 0. The van der Waals surface area contributed by atoms with E-state index in [1.807, 2.05) is 12.1 Å². The van der Waals surface area contributed by atoms with Crippen molar-refractivity contribution in [3.8, 4) is 17.2 Å². The van der Waals surface area contributed by atoms with Crippen LogP contribution in [0, 0.1) is 11.8 Å². The first-order chi connectivity index (χ1) is 20.3. The molecule has 0 aliphatic heterocycles. The van der Waals surface area contributed by atoms with Crippen molar-refractivity contribution in [3.05, 3.63) is 17.7 Å². The number of carbonyl (C=O) groups excluding carboxylic acids is 3. The highest BCUT2D eigenvalue weighted by molar-refractivity contribution is 5.99. The largest absolute Gasteiger partial charge is 0.493 e. The molecule has 42 heavy (non-hydrogen) atoms. The SMILES string of the molecule is CCCCCN(C(=O)N[C@@H](CCC1CCCCC1)C(N)=O)C(=O)C(c1cc(OC)c(OC)c(OC)c1)C1CCCCC1. The molecule has 9 heteroatoms. The third kappa shape index (κ3) is 9.01. The lowest BCUT2D eigenvalue weighted by Crippen LogP contribution is -2.53. The molecule has 1 unspecified atom stereocenters. The molecule has 1 aromatic carbocycles. The smallest absolute Gasteiger partial charge is 0.324 e. The number of urea groups is 1. The number of nitrogens with two attached hydrogens (primary N) is 1. The zero-order valence-corrected chi connectivity index (χ0v) is 26.3. The molecule has 4 amide bonds. The molecule has 0 saturated heterocycles. The van der Waals surface area contributed by atoms with E-state index < -0.39 is 23.9 Å². The van der Waals surface area contributed by atoms with Crippen LogP contribution in [0.4, 0.5) is 4.79 Å². The number of nitrogens with zero attached hydrogens (tertiary/aromatic N) is 1. The Morgan fingerprint density at radius 1 is 0.905 bits per heavy atom. The summed E-state index contributed by atoms with van der Waals surface area (Å²) in [5.41, 5.74) is 6.50. The van der Waals surface area contributed by atoms with Crippen LogP contribution in [0.2, 0.25) is 0 Å². The van der Waals surface area contributed by atoms with Gasteiger partial charge in [-0.2, -0.15) is 0 Å². The minimum Gasteiger partial charge on any atom is -0.493 e. The molecule has 0 heterocycles. The van der Waals surface area contributed by atoms with Gasteiger partial charge in [0, 0.05) is 6.54 Å². The number of ether oxygens (including phenoxy) is 3. The molecule has 2 aliphatic carbocycles. The Labute approximate surface area is 252 Å². The molecule has 0 radical (unpaired) electrons. The standard InChI is InChI=1S/C33H53N3O6/c1-5-6-13-20-36(33(39)35-26(31(34)37)19-18-23-14-9-7-10-15-23)32(38)29(24-16-11-8-12-17-24)25-21-27(40-2)30(42-4)28(22-25)41-3/h21-24,26,29H,5-20H2,1-4H3,(H2,34,37)(H,35,39)/t26-,29?/m0/s1. The second-order valence-corrected chi connectivity index (χ2v) is 12.0. The van der Waals surface area contributed by atoms with Gasteiger partial charge in [0.2, 0.25) is 17.6 Å². The monoisotopic (exact) mass is 587 g/mol. The van der Waals surface area contributed by atoms with E-state index >= 15 is 0 Å². The Bertz CT molecular complexity index is 994. The summed E-state index contributed by atoms with van der Waals surface area (Å²) < 4.78 is 16.8. The van der Waals surface area contributed by atoms with Crippen molar-refractivity contribution >= 4 is 17.8 Å². The number of amides is 4. The summed E-state index contributed by atoms with van der Waals surface area (Å²) in [4.78, 5) is 42.1. The van der Waals surface area contributed by atoms with Crippen molar-refractivity contribution in [1.82, 2.24) is 10.2 Å². The van der Waals surface area contributed by atoms with Crippen LogP contribution >= 0.6 is 0 Å². The van der Waals surface area contributed by atoms with Gasteiger partial charge in [0.25, 0.3) is 0 Å². The Hall–Kier alpha value is -2.97. The average Bonchev–Trinajstić information content (AvgIpc) is 3.01. The van der Waals surface area contributed by atoms with Crippen molar-refractivity contribution in [1.29, 1.82) is 0 Å². The number of imide groups is 1. The van der Waals surface area contributed by atoms with E-state index in [2.05, 4.69) is 12.2 Å². The van der Waals surface area contributed by atoms with Gasteiger partial charge >= 0.3 is 6.03 Å². The predicted octanol–water partition coefficient (Wildman–Crippen LogP) is 6.32. The van der Waals surface area contributed by atoms with Gasteiger partial charge in [-0.1, -0.05) is 71.1 Å². The summed E-state index contributed by atoms with van der Waals surface area (Å²) in [6.07, 6.45) is 14.8. The van der Waals surface area contributed by atoms with Crippen LogP contribution in [0.5, 0.6) is 17.2 Å². The van der Waals surface area contributed by atoms with E-state index in [1.165, 1.54) is 24.2 Å². The summed E-state index contributed by atoms with van der Waals surface area (Å²) in [5.74, 6) is 0.620. The number of primary amides is 1. The van der Waals surface area contributed by atoms with Crippen molar-refractivity contribution in [2.24, 2.45) is 17.6 Å². The lowest BCUT2D eigenvalue weighted by molar-refractivity contribution is -0.132. The van der Waals surface area contributed by atoms with Crippen LogP contribution in [-0.4, -0.2) is 56.7 Å². The van der Waals surface area contributed by atoms with Crippen molar-refractivity contribution in [2.75, 3.05) is 27.9 Å². The number of nitrogens with one attached hydrogen (secondary N) is 1. The van der Waals surface area contributed by atoms with Gasteiger partial charge in [-0.25, -0.2) is 4.79 Å². The molecule has 0 aromatic heterocycles. The maximum absolute atomic E-state index is 14.5. The van der Waals surface area contributed by atoms with Crippen LogP contribution < -0.4 is 25.3 Å². The molecule has 0 bridgehead atoms. The molecule has 3 rings (SSSR count). The zero-order chi connectivity index (χ0) is 30.5. The molecular weight excluding hydrogens is 534 g/mol.